The molecule has 1 N–H and O–H groups in total. The fraction of sp³-hybridized carbons (Fsp3) is 0.933. The first-order valence-electron chi connectivity index (χ1n) is 7.57. The van der Waals surface area contributed by atoms with E-state index in [9.17, 15) is 5.26 Å². The number of nitrogens with zero attached hydrogens (tertiary/aromatic N) is 2. The first-order chi connectivity index (χ1) is 9.69. The minimum Gasteiger partial charge on any atom is -0.377 e. The van der Waals surface area contributed by atoms with E-state index in [1.165, 1.54) is 0 Å². The van der Waals surface area contributed by atoms with Gasteiger partial charge in [0.1, 0.15) is 5.54 Å². The fourth-order valence-electron chi connectivity index (χ4n) is 3.79. The minimum absolute atomic E-state index is 0.175. The topological polar surface area (TPSA) is 57.5 Å². The zero-order valence-corrected chi connectivity index (χ0v) is 12.9. The summed E-state index contributed by atoms with van der Waals surface area (Å²) in [6.45, 7) is 2.89. The zero-order valence-electron chi connectivity index (χ0n) is 12.9. The Labute approximate surface area is 122 Å². The van der Waals surface area contributed by atoms with E-state index in [1.54, 1.807) is 14.2 Å². The number of likely N-dealkylation sites (tertiary alicyclic amines) is 1. The number of hydrogen-bond donors (Lipinski definition) is 1. The number of rotatable bonds is 6. The lowest BCUT2D eigenvalue weighted by Gasteiger charge is -2.29. The van der Waals surface area contributed by atoms with Gasteiger partial charge in [-0.2, -0.15) is 5.26 Å². The van der Waals surface area contributed by atoms with Gasteiger partial charge in [-0.05, 0) is 38.8 Å². The monoisotopic (exact) mass is 281 g/mol. The molecular weight excluding hydrogens is 254 g/mol. The van der Waals surface area contributed by atoms with Crippen LogP contribution in [-0.4, -0.2) is 63.5 Å². The van der Waals surface area contributed by atoms with Crippen molar-refractivity contribution in [3.63, 3.8) is 0 Å². The van der Waals surface area contributed by atoms with Crippen LogP contribution in [0.25, 0.3) is 0 Å². The first-order valence-corrected chi connectivity index (χ1v) is 7.57. The number of hydrogen-bond acceptors (Lipinski definition) is 5. The number of ether oxygens (including phenoxy) is 2. The summed E-state index contributed by atoms with van der Waals surface area (Å²) in [7, 11) is 5.41. The van der Waals surface area contributed by atoms with Crippen LogP contribution >= 0.6 is 0 Å². The molecule has 1 heterocycles. The van der Waals surface area contributed by atoms with Crippen LogP contribution in [-0.2, 0) is 9.47 Å². The summed E-state index contributed by atoms with van der Waals surface area (Å²) in [5.74, 6) is 0.458. The van der Waals surface area contributed by atoms with E-state index in [4.69, 9.17) is 9.47 Å². The molecule has 4 unspecified atom stereocenters. The number of methoxy groups -OCH3 is 2. The molecule has 2 rings (SSSR count). The molecule has 0 aromatic heterocycles. The standard InChI is InChI=1S/C15H27N3O2/c1-17-15(11-16)7-4-5-12(15)6-8-18-9-13(19-2)14(10-18)20-3/h12-14,17H,4-10H2,1-3H3. The van der Waals surface area contributed by atoms with Gasteiger partial charge >= 0.3 is 0 Å². The maximum absolute atomic E-state index is 9.47. The lowest BCUT2D eigenvalue weighted by Crippen LogP contribution is -2.45. The molecule has 5 nitrogen and oxygen atoms in total. The third-order valence-electron chi connectivity index (χ3n) is 5.16. The molecule has 1 saturated carbocycles. The molecule has 4 atom stereocenters. The van der Waals surface area contributed by atoms with Crippen molar-refractivity contribution in [3.05, 3.63) is 0 Å². The second-order valence-electron chi connectivity index (χ2n) is 6.02. The van der Waals surface area contributed by atoms with Crippen molar-refractivity contribution in [2.45, 2.75) is 43.4 Å². The van der Waals surface area contributed by atoms with Gasteiger partial charge in [-0.1, -0.05) is 6.42 Å². The van der Waals surface area contributed by atoms with Crippen molar-refractivity contribution < 1.29 is 9.47 Å². The molecular formula is C15H27N3O2. The van der Waals surface area contributed by atoms with E-state index >= 15 is 0 Å². The van der Waals surface area contributed by atoms with E-state index < -0.39 is 0 Å². The lowest BCUT2D eigenvalue weighted by atomic mass is 9.86. The van der Waals surface area contributed by atoms with Gasteiger partial charge in [0.15, 0.2) is 0 Å². The molecule has 20 heavy (non-hydrogen) atoms. The van der Waals surface area contributed by atoms with Crippen molar-refractivity contribution >= 4 is 0 Å². The van der Waals surface area contributed by atoms with Crippen LogP contribution in [0.4, 0.5) is 0 Å². The molecule has 1 saturated heterocycles. The predicted molar refractivity (Wildman–Crippen MR) is 77.4 cm³/mol. The third kappa shape index (κ3) is 2.99. The SMILES string of the molecule is CNC1(C#N)CCCC1CCN1CC(OC)C(OC)C1. The first kappa shape index (κ1) is 15.7. The summed E-state index contributed by atoms with van der Waals surface area (Å²) >= 11 is 0. The molecule has 5 heteroatoms. The van der Waals surface area contributed by atoms with Gasteiger partial charge in [-0.3, -0.25) is 4.90 Å². The highest BCUT2D eigenvalue weighted by Crippen LogP contribution is 2.37. The Bertz CT molecular complexity index is 346. The summed E-state index contributed by atoms with van der Waals surface area (Å²) in [6.07, 6.45) is 4.71. The van der Waals surface area contributed by atoms with Crippen molar-refractivity contribution in [1.82, 2.24) is 10.2 Å². The minimum atomic E-state index is -0.305. The molecule has 0 bridgehead atoms. The maximum Gasteiger partial charge on any atom is 0.109 e. The zero-order chi connectivity index (χ0) is 14.6. The largest absolute Gasteiger partial charge is 0.377 e. The summed E-state index contributed by atoms with van der Waals surface area (Å²) in [4.78, 5) is 2.40. The van der Waals surface area contributed by atoms with Gasteiger partial charge in [0.05, 0.1) is 18.3 Å². The molecule has 0 aromatic carbocycles. The van der Waals surface area contributed by atoms with Crippen molar-refractivity contribution in [3.8, 4) is 6.07 Å². The van der Waals surface area contributed by atoms with Gasteiger partial charge in [0.25, 0.3) is 0 Å². The predicted octanol–water partition coefficient (Wildman–Crippen LogP) is 1.00. The van der Waals surface area contributed by atoms with Crippen LogP contribution in [0.3, 0.4) is 0 Å². The maximum atomic E-state index is 9.47. The van der Waals surface area contributed by atoms with Crippen LogP contribution in [0.5, 0.6) is 0 Å². The molecule has 0 aromatic rings. The van der Waals surface area contributed by atoms with Gasteiger partial charge < -0.3 is 14.8 Å². The molecule has 2 aliphatic rings. The summed E-state index contributed by atoms with van der Waals surface area (Å²) in [5, 5.41) is 12.7. The number of nitriles is 1. The van der Waals surface area contributed by atoms with Crippen LogP contribution in [0.15, 0.2) is 0 Å². The quantitative estimate of drug-likeness (QED) is 0.787. The summed E-state index contributed by atoms with van der Waals surface area (Å²) < 4.78 is 10.9. The molecule has 1 aliphatic heterocycles. The van der Waals surface area contributed by atoms with E-state index in [1.807, 2.05) is 7.05 Å². The molecule has 0 spiro atoms. The van der Waals surface area contributed by atoms with Crippen molar-refractivity contribution in [2.24, 2.45) is 5.92 Å². The van der Waals surface area contributed by atoms with Crippen LogP contribution < -0.4 is 5.32 Å². The smallest absolute Gasteiger partial charge is 0.109 e. The van der Waals surface area contributed by atoms with Gasteiger partial charge in [-0.15, -0.1) is 0 Å². The van der Waals surface area contributed by atoms with Gasteiger partial charge in [-0.25, -0.2) is 0 Å². The van der Waals surface area contributed by atoms with Gasteiger partial charge in [0.2, 0.25) is 0 Å². The number of nitrogens with one attached hydrogen (secondary N) is 1. The van der Waals surface area contributed by atoms with E-state index in [0.29, 0.717) is 5.92 Å². The van der Waals surface area contributed by atoms with E-state index in [-0.39, 0.29) is 17.7 Å². The Morgan fingerprint density at radius 2 is 1.95 bits per heavy atom. The molecule has 114 valence electrons. The summed E-state index contributed by atoms with van der Waals surface area (Å²) in [6, 6.07) is 2.51. The highest BCUT2D eigenvalue weighted by Gasteiger charge is 2.42. The summed E-state index contributed by atoms with van der Waals surface area (Å²) in [5.41, 5.74) is -0.305. The Hall–Kier alpha value is -0.670. The van der Waals surface area contributed by atoms with Crippen LogP contribution in [0.2, 0.25) is 0 Å². The van der Waals surface area contributed by atoms with E-state index in [2.05, 4.69) is 16.3 Å². The normalized spacial score (nSPS) is 38.2. The average molecular weight is 281 g/mol. The lowest BCUT2D eigenvalue weighted by molar-refractivity contribution is -0.00461. The van der Waals surface area contributed by atoms with Crippen LogP contribution in [0, 0.1) is 17.2 Å². The second-order valence-corrected chi connectivity index (χ2v) is 6.02. The van der Waals surface area contributed by atoms with Crippen LogP contribution in [0.1, 0.15) is 25.7 Å². The molecule has 0 radical (unpaired) electrons. The Morgan fingerprint density at radius 1 is 1.30 bits per heavy atom. The van der Waals surface area contributed by atoms with E-state index in [0.717, 1.165) is 45.3 Å². The van der Waals surface area contributed by atoms with Gasteiger partial charge in [0, 0.05) is 27.3 Å². The molecule has 0 amide bonds. The molecule has 2 fully saturated rings. The highest BCUT2D eigenvalue weighted by atomic mass is 16.5. The van der Waals surface area contributed by atoms with Crippen molar-refractivity contribution in [1.29, 1.82) is 5.26 Å². The highest BCUT2D eigenvalue weighted by molar-refractivity contribution is 5.13. The third-order valence-corrected chi connectivity index (χ3v) is 5.16. The average Bonchev–Trinajstić information content (AvgIpc) is 3.08. The Morgan fingerprint density at radius 3 is 2.45 bits per heavy atom. The Kier molecular flexibility index (Phi) is 5.39. The Balaban J connectivity index is 1.86. The molecule has 1 aliphatic carbocycles. The van der Waals surface area contributed by atoms with Crippen molar-refractivity contribution in [2.75, 3.05) is 40.9 Å². The second kappa shape index (κ2) is 6.86. The fourth-order valence-corrected chi connectivity index (χ4v) is 3.79.